The van der Waals surface area contributed by atoms with Crippen molar-refractivity contribution >= 4 is 0 Å². The lowest BCUT2D eigenvalue weighted by Gasteiger charge is -2.28. The zero-order chi connectivity index (χ0) is 22.4. The molecule has 2 heteroatoms. The molecule has 2 aliphatic rings. The summed E-state index contributed by atoms with van der Waals surface area (Å²) in [7, 11) is 0. The molecule has 4 rings (SSSR count). The van der Waals surface area contributed by atoms with Gasteiger partial charge in [-0.25, -0.2) is 0 Å². The van der Waals surface area contributed by atoms with E-state index in [0.717, 1.165) is 18.9 Å². The number of ether oxygens (including phenoxy) is 1. The van der Waals surface area contributed by atoms with Gasteiger partial charge in [-0.05, 0) is 41.9 Å². The van der Waals surface area contributed by atoms with Crippen LogP contribution < -0.4 is 0 Å². The standard InChI is InChI=1S/C14H20O.C10H12O.2C2H6/c1-12-7-5-6-10-14(12)15-11-13-8-3-2-4-9-13;1-7-9-5-3-2-4-8(9)6-10(7)11;2*1-2/h2-4,8-9,12,14H,5-7,10-11H2,1H3;2-5,7,10-11H,6H2,1H3;2*1-2H3. The highest BCUT2D eigenvalue weighted by molar-refractivity contribution is 5.36. The first kappa shape index (κ1) is 26.4. The molecule has 4 atom stereocenters. The number of aliphatic hydroxyl groups excluding tert-OH is 1. The second-order valence-electron chi connectivity index (χ2n) is 7.86. The molecule has 0 radical (unpaired) electrons. The molecule has 1 N–H and O–H groups in total. The fourth-order valence-electron chi connectivity index (χ4n) is 4.08. The van der Waals surface area contributed by atoms with Gasteiger partial charge < -0.3 is 9.84 Å². The molecule has 0 amide bonds. The van der Waals surface area contributed by atoms with Gasteiger partial charge in [0.1, 0.15) is 0 Å². The number of hydrogen-bond donors (Lipinski definition) is 1. The number of hydrogen-bond acceptors (Lipinski definition) is 2. The van der Waals surface area contributed by atoms with E-state index in [9.17, 15) is 5.11 Å². The maximum Gasteiger partial charge on any atom is 0.0720 e. The first-order chi connectivity index (χ1) is 14.6. The van der Waals surface area contributed by atoms with Gasteiger partial charge in [0, 0.05) is 5.92 Å². The second kappa shape index (κ2) is 15.2. The van der Waals surface area contributed by atoms with E-state index in [2.05, 4.69) is 50.2 Å². The highest BCUT2D eigenvalue weighted by Crippen LogP contribution is 2.32. The Morgan fingerprint density at radius 3 is 2.07 bits per heavy atom. The Hall–Kier alpha value is -1.64. The second-order valence-corrected chi connectivity index (χ2v) is 7.86. The predicted octanol–water partition coefficient (Wildman–Crippen LogP) is 7.54. The van der Waals surface area contributed by atoms with Gasteiger partial charge in [-0.3, -0.25) is 0 Å². The Kier molecular flexibility index (Phi) is 13.4. The highest BCUT2D eigenvalue weighted by atomic mass is 16.5. The Morgan fingerprint density at radius 1 is 0.833 bits per heavy atom. The lowest BCUT2D eigenvalue weighted by Crippen LogP contribution is -2.25. The van der Waals surface area contributed by atoms with Gasteiger partial charge >= 0.3 is 0 Å². The number of benzene rings is 2. The lowest BCUT2D eigenvalue weighted by atomic mass is 9.88. The van der Waals surface area contributed by atoms with E-state index in [1.165, 1.54) is 42.4 Å². The van der Waals surface area contributed by atoms with Gasteiger partial charge in [0.05, 0.1) is 18.8 Å². The van der Waals surface area contributed by atoms with Gasteiger partial charge in [0.25, 0.3) is 0 Å². The first-order valence-electron chi connectivity index (χ1n) is 12.1. The van der Waals surface area contributed by atoms with Gasteiger partial charge in [0.15, 0.2) is 0 Å². The quantitative estimate of drug-likeness (QED) is 0.564. The van der Waals surface area contributed by atoms with Crippen molar-refractivity contribution < 1.29 is 9.84 Å². The minimum atomic E-state index is -0.160. The molecule has 4 unspecified atom stereocenters. The van der Waals surface area contributed by atoms with Crippen LogP contribution in [0.1, 0.15) is 89.8 Å². The normalized spacial score (nSPS) is 24.1. The maximum atomic E-state index is 9.52. The van der Waals surface area contributed by atoms with Crippen LogP contribution in [0.2, 0.25) is 0 Å². The molecule has 1 saturated carbocycles. The summed E-state index contributed by atoms with van der Waals surface area (Å²) in [5.74, 6) is 1.06. The van der Waals surface area contributed by atoms with Crippen molar-refractivity contribution in [3.8, 4) is 0 Å². The van der Waals surface area contributed by atoms with E-state index < -0.39 is 0 Å². The first-order valence-corrected chi connectivity index (χ1v) is 12.1. The van der Waals surface area contributed by atoms with Crippen molar-refractivity contribution in [3.05, 3.63) is 71.3 Å². The van der Waals surface area contributed by atoms with E-state index in [-0.39, 0.29) is 6.10 Å². The predicted molar refractivity (Wildman–Crippen MR) is 130 cm³/mol. The van der Waals surface area contributed by atoms with Crippen LogP contribution in [0.15, 0.2) is 54.6 Å². The largest absolute Gasteiger partial charge is 0.392 e. The van der Waals surface area contributed by atoms with E-state index in [4.69, 9.17) is 4.74 Å². The zero-order valence-electron chi connectivity index (χ0n) is 20.1. The number of fused-ring (bicyclic) bond motifs is 1. The van der Waals surface area contributed by atoms with E-state index in [0.29, 0.717) is 12.0 Å². The number of rotatable bonds is 3. The van der Waals surface area contributed by atoms with Crippen LogP contribution in [-0.4, -0.2) is 17.3 Å². The molecule has 2 nitrogen and oxygen atoms in total. The summed E-state index contributed by atoms with van der Waals surface area (Å²) in [6.45, 7) is 13.2. The smallest absolute Gasteiger partial charge is 0.0720 e. The zero-order valence-corrected chi connectivity index (χ0v) is 20.1. The van der Waals surface area contributed by atoms with Gasteiger partial charge in [-0.15, -0.1) is 0 Å². The van der Waals surface area contributed by atoms with Crippen LogP contribution in [0.5, 0.6) is 0 Å². The third kappa shape index (κ3) is 8.24. The van der Waals surface area contributed by atoms with Crippen LogP contribution in [0.25, 0.3) is 0 Å². The third-order valence-electron chi connectivity index (χ3n) is 5.89. The minimum Gasteiger partial charge on any atom is -0.392 e. The molecule has 0 bridgehead atoms. The maximum absolute atomic E-state index is 9.52. The van der Waals surface area contributed by atoms with Crippen molar-refractivity contribution in [2.45, 2.75) is 98.4 Å². The van der Waals surface area contributed by atoms with Crippen LogP contribution >= 0.6 is 0 Å². The van der Waals surface area contributed by atoms with E-state index in [1.54, 1.807) is 0 Å². The van der Waals surface area contributed by atoms with Crippen molar-refractivity contribution in [1.82, 2.24) is 0 Å². The molecule has 0 heterocycles. The molecule has 2 aliphatic carbocycles. The lowest BCUT2D eigenvalue weighted by molar-refractivity contribution is -0.0154. The molecule has 30 heavy (non-hydrogen) atoms. The Morgan fingerprint density at radius 2 is 1.43 bits per heavy atom. The Balaban J connectivity index is 0.000000265. The molecular weight excluding hydrogens is 368 g/mol. The van der Waals surface area contributed by atoms with Crippen LogP contribution in [0.4, 0.5) is 0 Å². The van der Waals surface area contributed by atoms with Gasteiger partial charge in [0.2, 0.25) is 0 Å². The van der Waals surface area contributed by atoms with E-state index >= 15 is 0 Å². The molecule has 2 aromatic rings. The average molecular weight is 413 g/mol. The van der Waals surface area contributed by atoms with Crippen LogP contribution in [0, 0.1) is 5.92 Å². The van der Waals surface area contributed by atoms with E-state index in [1.807, 2.05) is 45.9 Å². The fourth-order valence-corrected chi connectivity index (χ4v) is 4.08. The number of aliphatic hydroxyl groups is 1. The summed E-state index contributed by atoms with van der Waals surface area (Å²) in [5, 5.41) is 9.52. The highest BCUT2D eigenvalue weighted by Gasteiger charge is 2.26. The van der Waals surface area contributed by atoms with Crippen molar-refractivity contribution in [1.29, 1.82) is 0 Å². The topological polar surface area (TPSA) is 29.5 Å². The molecular formula is C28H44O2. The van der Waals surface area contributed by atoms with Gasteiger partial charge in [-0.1, -0.05) is 109 Å². The van der Waals surface area contributed by atoms with Crippen molar-refractivity contribution in [2.75, 3.05) is 0 Å². The third-order valence-corrected chi connectivity index (χ3v) is 5.89. The Labute approximate surface area is 185 Å². The molecule has 0 saturated heterocycles. The summed E-state index contributed by atoms with van der Waals surface area (Å²) in [5.41, 5.74) is 3.92. The van der Waals surface area contributed by atoms with Crippen molar-refractivity contribution in [3.63, 3.8) is 0 Å². The summed E-state index contributed by atoms with van der Waals surface area (Å²) in [6, 6.07) is 18.7. The SMILES string of the molecule is CC.CC.CC1CCCCC1OCc1ccccc1.CC1c2ccccc2CC1O. The molecule has 1 fully saturated rings. The van der Waals surface area contributed by atoms with Crippen molar-refractivity contribution in [2.24, 2.45) is 5.92 Å². The minimum absolute atomic E-state index is 0.160. The molecule has 0 spiro atoms. The fraction of sp³-hybridized carbons (Fsp3) is 0.571. The summed E-state index contributed by atoms with van der Waals surface area (Å²) in [6.07, 6.45) is 6.45. The van der Waals surface area contributed by atoms with Crippen LogP contribution in [-0.2, 0) is 17.8 Å². The summed E-state index contributed by atoms with van der Waals surface area (Å²) in [4.78, 5) is 0. The Bertz CT molecular complexity index is 667. The summed E-state index contributed by atoms with van der Waals surface area (Å²) >= 11 is 0. The molecule has 2 aromatic carbocycles. The molecule has 0 aromatic heterocycles. The molecule has 168 valence electrons. The monoisotopic (exact) mass is 412 g/mol. The summed E-state index contributed by atoms with van der Waals surface area (Å²) < 4.78 is 5.98. The van der Waals surface area contributed by atoms with Gasteiger partial charge in [-0.2, -0.15) is 0 Å². The average Bonchev–Trinajstić information content (AvgIpc) is 3.11. The van der Waals surface area contributed by atoms with Crippen LogP contribution in [0.3, 0.4) is 0 Å². The molecule has 0 aliphatic heterocycles.